The van der Waals surface area contributed by atoms with E-state index in [1.165, 1.54) is 0 Å². The van der Waals surface area contributed by atoms with Crippen LogP contribution in [-0.2, 0) is 9.84 Å². The van der Waals surface area contributed by atoms with Crippen LogP contribution in [0.15, 0.2) is 0 Å². The second-order valence-corrected chi connectivity index (χ2v) is 8.32. The van der Waals surface area contributed by atoms with Crippen molar-refractivity contribution in [3.05, 3.63) is 0 Å². The highest BCUT2D eigenvalue weighted by Gasteiger charge is 2.54. The van der Waals surface area contributed by atoms with Crippen LogP contribution in [0.5, 0.6) is 0 Å². The van der Waals surface area contributed by atoms with Gasteiger partial charge < -0.3 is 10.0 Å². The van der Waals surface area contributed by atoms with Gasteiger partial charge in [-0.25, -0.2) is 8.42 Å². The molecule has 1 aliphatic rings. The molecule has 8 heteroatoms. The number of rotatable bonds is 5. The Morgan fingerprint density at radius 1 is 1.25 bits per heavy atom. The molecule has 0 aliphatic carbocycles. The lowest BCUT2D eigenvalue weighted by Gasteiger charge is -2.39. The molecule has 0 amide bonds. The zero-order valence-electron chi connectivity index (χ0n) is 11.8. The van der Waals surface area contributed by atoms with E-state index in [9.17, 15) is 26.7 Å². The first-order chi connectivity index (χ1) is 8.98. The first-order valence-electron chi connectivity index (χ1n) is 6.71. The largest absolute Gasteiger partial charge is 0.417 e. The van der Waals surface area contributed by atoms with Gasteiger partial charge in [-0.3, -0.25) is 0 Å². The molecule has 0 unspecified atom stereocenters. The molecule has 0 aromatic heterocycles. The number of hydrogen-bond acceptors (Lipinski definition) is 4. The number of nitrogens with zero attached hydrogens (tertiary/aromatic N) is 1. The Labute approximate surface area is 117 Å². The molecule has 1 N–H and O–H groups in total. The molecule has 0 bridgehead atoms. The van der Waals surface area contributed by atoms with Gasteiger partial charge in [0.05, 0.1) is 11.0 Å². The quantitative estimate of drug-likeness (QED) is 0.836. The van der Waals surface area contributed by atoms with Crippen LogP contribution >= 0.6 is 0 Å². The second kappa shape index (κ2) is 6.19. The Morgan fingerprint density at radius 2 is 1.75 bits per heavy atom. The molecule has 1 fully saturated rings. The molecule has 20 heavy (non-hydrogen) atoms. The normalized spacial score (nSPS) is 21.4. The number of hydrogen-bond donors (Lipinski definition) is 1. The minimum absolute atomic E-state index is 0.0463. The van der Waals surface area contributed by atoms with Crippen LogP contribution < -0.4 is 0 Å². The Kier molecular flexibility index (Phi) is 5.48. The Morgan fingerprint density at radius 3 is 2.15 bits per heavy atom. The zero-order chi connectivity index (χ0) is 15.6. The molecule has 0 aromatic carbocycles. The van der Waals surface area contributed by atoms with Crippen molar-refractivity contribution in [2.75, 3.05) is 25.4 Å². The van der Waals surface area contributed by atoms with Gasteiger partial charge in [0.15, 0.2) is 15.4 Å². The second-order valence-electron chi connectivity index (χ2n) is 5.64. The fourth-order valence-corrected chi connectivity index (χ4v) is 3.16. The maximum Gasteiger partial charge on any atom is 0.417 e. The third-order valence-electron chi connectivity index (χ3n) is 3.83. The summed E-state index contributed by atoms with van der Waals surface area (Å²) in [5.41, 5.74) is -2.59. The number of halogens is 3. The summed E-state index contributed by atoms with van der Waals surface area (Å²) in [5.74, 6) is 0.0463. The Balaban J connectivity index is 2.38. The van der Waals surface area contributed by atoms with Crippen molar-refractivity contribution in [3.8, 4) is 0 Å². The number of piperidine rings is 1. The molecular formula is C12H22F3NO3S. The van der Waals surface area contributed by atoms with E-state index in [0.29, 0.717) is 13.0 Å². The van der Waals surface area contributed by atoms with Gasteiger partial charge in [-0.05, 0) is 39.7 Å². The van der Waals surface area contributed by atoms with Crippen molar-refractivity contribution in [3.63, 3.8) is 0 Å². The smallest absolute Gasteiger partial charge is 0.380 e. The van der Waals surface area contributed by atoms with Crippen molar-refractivity contribution in [1.82, 2.24) is 4.90 Å². The van der Waals surface area contributed by atoms with E-state index < -0.39 is 26.9 Å². The van der Waals surface area contributed by atoms with E-state index in [1.54, 1.807) is 18.7 Å². The minimum Gasteiger partial charge on any atom is -0.380 e. The predicted octanol–water partition coefficient (Wildman–Crippen LogP) is 1.59. The Hall–Kier alpha value is -0.340. The summed E-state index contributed by atoms with van der Waals surface area (Å²) < 4.78 is 61.0. The van der Waals surface area contributed by atoms with E-state index >= 15 is 0 Å². The van der Waals surface area contributed by atoms with Gasteiger partial charge in [0.25, 0.3) is 0 Å². The first-order valence-corrected chi connectivity index (χ1v) is 8.42. The molecule has 1 rings (SSSR count). The fourth-order valence-electron chi connectivity index (χ4n) is 2.16. The number of sulfone groups is 1. The van der Waals surface area contributed by atoms with Crippen LogP contribution in [0, 0.1) is 0 Å². The molecule has 0 aromatic rings. The summed E-state index contributed by atoms with van der Waals surface area (Å²) in [6.07, 6.45) is -4.90. The van der Waals surface area contributed by atoms with Crippen LogP contribution in [0.3, 0.4) is 0 Å². The fraction of sp³-hybridized carbons (Fsp3) is 1.00. The lowest BCUT2D eigenvalue weighted by atomic mass is 9.91. The van der Waals surface area contributed by atoms with Gasteiger partial charge >= 0.3 is 6.18 Å². The molecule has 1 heterocycles. The highest BCUT2D eigenvalue weighted by atomic mass is 32.2. The van der Waals surface area contributed by atoms with Crippen LogP contribution in [0.25, 0.3) is 0 Å². The Bertz CT molecular complexity index is 412. The van der Waals surface area contributed by atoms with Crippen molar-refractivity contribution in [2.24, 2.45) is 0 Å². The van der Waals surface area contributed by atoms with Crippen molar-refractivity contribution in [2.45, 2.75) is 50.1 Å². The molecule has 120 valence electrons. The topological polar surface area (TPSA) is 57.6 Å². The average molecular weight is 317 g/mol. The number of alkyl halides is 3. The summed E-state index contributed by atoms with van der Waals surface area (Å²) in [6, 6.07) is 0. The van der Waals surface area contributed by atoms with Gasteiger partial charge in [0, 0.05) is 13.1 Å². The maximum absolute atomic E-state index is 12.6. The number of aliphatic hydroxyl groups is 1. The summed E-state index contributed by atoms with van der Waals surface area (Å²) in [6.45, 7) is 3.94. The molecular weight excluding hydrogens is 295 g/mol. The van der Waals surface area contributed by atoms with Gasteiger partial charge in [0.2, 0.25) is 0 Å². The molecule has 4 nitrogen and oxygen atoms in total. The standard InChI is InChI=1S/C12H22F3NO3S/c1-10(2)20(18,19)9-3-6-16-7-4-11(17,5-8-16)12(13,14)15/h10,17H,3-9H2,1-2H3. The third kappa shape index (κ3) is 4.33. The molecule has 0 radical (unpaired) electrons. The monoisotopic (exact) mass is 317 g/mol. The number of likely N-dealkylation sites (tertiary alicyclic amines) is 1. The van der Waals surface area contributed by atoms with Crippen molar-refractivity contribution in [1.29, 1.82) is 0 Å². The summed E-state index contributed by atoms with van der Waals surface area (Å²) in [4.78, 5) is 1.77. The molecule has 1 saturated heterocycles. The van der Waals surface area contributed by atoms with Crippen LogP contribution in [0.4, 0.5) is 13.2 Å². The van der Waals surface area contributed by atoms with E-state index in [4.69, 9.17) is 0 Å². The predicted molar refractivity (Wildman–Crippen MR) is 70.2 cm³/mol. The molecule has 0 saturated carbocycles. The van der Waals surface area contributed by atoms with Crippen molar-refractivity contribution < 1.29 is 26.7 Å². The first kappa shape index (κ1) is 17.7. The van der Waals surface area contributed by atoms with Crippen LogP contribution in [-0.4, -0.2) is 60.8 Å². The summed E-state index contributed by atoms with van der Waals surface area (Å²) in [7, 11) is -3.10. The minimum atomic E-state index is -4.60. The molecule has 0 spiro atoms. The van der Waals surface area contributed by atoms with Crippen LogP contribution in [0.1, 0.15) is 33.1 Å². The summed E-state index contributed by atoms with van der Waals surface area (Å²) >= 11 is 0. The van der Waals surface area contributed by atoms with Crippen LogP contribution in [0.2, 0.25) is 0 Å². The third-order valence-corrected chi connectivity index (χ3v) is 6.13. The van der Waals surface area contributed by atoms with E-state index in [2.05, 4.69) is 0 Å². The van der Waals surface area contributed by atoms with E-state index in [1.807, 2.05) is 0 Å². The highest BCUT2D eigenvalue weighted by molar-refractivity contribution is 7.91. The van der Waals surface area contributed by atoms with Gasteiger partial charge in [-0.15, -0.1) is 0 Å². The maximum atomic E-state index is 12.6. The SMILES string of the molecule is CC(C)S(=O)(=O)CCCN1CCC(O)(C(F)(F)F)CC1. The lowest BCUT2D eigenvalue weighted by Crippen LogP contribution is -2.53. The van der Waals surface area contributed by atoms with E-state index in [0.717, 1.165) is 0 Å². The van der Waals surface area contributed by atoms with Gasteiger partial charge in [-0.1, -0.05) is 0 Å². The average Bonchev–Trinajstić information content (AvgIpc) is 2.30. The molecule has 0 atom stereocenters. The summed E-state index contributed by atoms with van der Waals surface area (Å²) in [5, 5.41) is 9.07. The van der Waals surface area contributed by atoms with E-state index in [-0.39, 0.29) is 31.7 Å². The lowest BCUT2D eigenvalue weighted by molar-refractivity contribution is -0.272. The highest BCUT2D eigenvalue weighted by Crippen LogP contribution is 2.38. The van der Waals surface area contributed by atoms with Gasteiger partial charge in [-0.2, -0.15) is 13.2 Å². The van der Waals surface area contributed by atoms with Crippen molar-refractivity contribution >= 4 is 9.84 Å². The molecule has 1 aliphatic heterocycles. The zero-order valence-corrected chi connectivity index (χ0v) is 12.6. The van der Waals surface area contributed by atoms with Gasteiger partial charge in [0.1, 0.15) is 0 Å².